The molecule has 0 radical (unpaired) electrons. The Hall–Kier alpha value is -1.82. The summed E-state index contributed by atoms with van der Waals surface area (Å²) in [6, 6.07) is 2.09. The van der Waals surface area contributed by atoms with Crippen LogP contribution in [0, 0.1) is 6.92 Å². The van der Waals surface area contributed by atoms with Crippen molar-refractivity contribution in [3.63, 3.8) is 0 Å². The summed E-state index contributed by atoms with van der Waals surface area (Å²) in [6.07, 6.45) is 6.01. The predicted molar refractivity (Wildman–Crippen MR) is 79.3 cm³/mol. The van der Waals surface area contributed by atoms with Crippen LogP contribution in [-0.2, 0) is 20.1 Å². The topological polar surface area (TPSA) is 54.2 Å². The molecule has 5 nitrogen and oxygen atoms in total. The summed E-state index contributed by atoms with van der Waals surface area (Å²) in [7, 11) is 3.79. The fourth-order valence-corrected chi connectivity index (χ4v) is 2.44. The average Bonchev–Trinajstić information content (AvgIpc) is 2.99. The van der Waals surface area contributed by atoms with E-state index in [2.05, 4.69) is 39.8 Å². The van der Waals surface area contributed by atoms with Gasteiger partial charge >= 0.3 is 0 Å². The number of hydrogen-bond donors (Lipinski definition) is 2. The second-order valence-electron chi connectivity index (χ2n) is 4.33. The van der Waals surface area contributed by atoms with Crippen LogP contribution in [0.3, 0.4) is 0 Å². The van der Waals surface area contributed by atoms with Gasteiger partial charge in [-0.2, -0.15) is 0 Å². The molecule has 2 heterocycles. The summed E-state index contributed by atoms with van der Waals surface area (Å²) in [6.45, 7) is 3.52. The first-order valence-electron chi connectivity index (χ1n) is 6.14. The zero-order chi connectivity index (χ0) is 13.7. The van der Waals surface area contributed by atoms with Crippen molar-refractivity contribution >= 4 is 17.3 Å². The molecule has 0 spiro atoms. The fraction of sp³-hybridized carbons (Fsp3) is 0.385. The van der Waals surface area contributed by atoms with Gasteiger partial charge in [0.1, 0.15) is 5.01 Å². The Balaban J connectivity index is 1.80. The Morgan fingerprint density at radius 3 is 2.79 bits per heavy atom. The highest BCUT2D eigenvalue weighted by Crippen LogP contribution is 2.10. The van der Waals surface area contributed by atoms with Crippen molar-refractivity contribution in [2.45, 2.75) is 20.0 Å². The van der Waals surface area contributed by atoms with E-state index in [1.165, 1.54) is 10.4 Å². The second-order valence-corrected chi connectivity index (χ2v) is 5.65. The van der Waals surface area contributed by atoms with Crippen molar-refractivity contribution in [3.8, 4) is 0 Å². The molecule has 0 aliphatic carbocycles. The summed E-state index contributed by atoms with van der Waals surface area (Å²) in [5.74, 6) is 0.789. The van der Waals surface area contributed by atoms with Gasteiger partial charge in [0.05, 0.1) is 6.54 Å². The van der Waals surface area contributed by atoms with E-state index >= 15 is 0 Å². The van der Waals surface area contributed by atoms with Gasteiger partial charge in [-0.15, -0.1) is 11.3 Å². The molecule has 0 aromatic carbocycles. The molecular formula is C13H19N5S. The number of nitrogens with zero attached hydrogens (tertiary/aromatic N) is 3. The monoisotopic (exact) mass is 277 g/mol. The number of nitrogens with one attached hydrogen (secondary N) is 2. The van der Waals surface area contributed by atoms with Gasteiger partial charge in [0.25, 0.3) is 0 Å². The molecular weight excluding hydrogens is 258 g/mol. The van der Waals surface area contributed by atoms with Crippen molar-refractivity contribution in [1.29, 1.82) is 0 Å². The summed E-state index contributed by atoms with van der Waals surface area (Å²) in [5.41, 5.74) is 1.23. The van der Waals surface area contributed by atoms with E-state index in [9.17, 15) is 0 Å². The number of aryl methyl sites for hydroxylation is 2. The van der Waals surface area contributed by atoms with E-state index in [4.69, 9.17) is 0 Å². The van der Waals surface area contributed by atoms with Crippen LogP contribution in [0.4, 0.5) is 0 Å². The smallest absolute Gasteiger partial charge is 0.191 e. The first-order chi connectivity index (χ1) is 9.17. The fourth-order valence-electron chi connectivity index (χ4n) is 1.71. The van der Waals surface area contributed by atoms with E-state index in [1.54, 1.807) is 18.4 Å². The van der Waals surface area contributed by atoms with Gasteiger partial charge in [0.2, 0.25) is 0 Å². The van der Waals surface area contributed by atoms with Crippen LogP contribution in [0.5, 0.6) is 0 Å². The molecule has 0 fully saturated rings. The van der Waals surface area contributed by atoms with Crippen LogP contribution in [0.2, 0.25) is 0 Å². The molecule has 19 heavy (non-hydrogen) atoms. The number of thiazole rings is 1. The highest BCUT2D eigenvalue weighted by Gasteiger charge is 2.02. The van der Waals surface area contributed by atoms with E-state index in [0.717, 1.165) is 17.5 Å². The van der Waals surface area contributed by atoms with Gasteiger partial charge in [-0.1, -0.05) is 0 Å². The normalized spacial score (nSPS) is 11.6. The Kier molecular flexibility index (Phi) is 4.57. The van der Waals surface area contributed by atoms with Crippen molar-refractivity contribution in [2.75, 3.05) is 7.05 Å². The van der Waals surface area contributed by atoms with Gasteiger partial charge in [0.15, 0.2) is 5.96 Å². The molecule has 0 saturated carbocycles. The minimum Gasteiger partial charge on any atom is -0.357 e. The molecule has 102 valence electrons. The molecule has 6 heteroatoms. The maximum Gasteiger partial charge on any atom is 0.191 e. The zero-order valence-corrected chi connectivity index (χ0v) is 12.3. The molecule has 0 aliphatic rings. The van der Waals surface area contributed by atoms with Crippen LogP contribution in [0.15, 0.2) is 29.6 Å². The first kappa shape index (κ1) is 13.6. The molecule has 0 aliphatic heterocycles. The summed E-state index contributed by atoms with van der Waals surface area (Å²) in [4.78, 5) is 9.74. The van der Waals surface area contributed by atoms with Crippen molar-refractivity contribution in [1.82, 2.24) is 20.2 Å². The highest BCUT2D eigenvalue weighted by molar-refractivity contribution is 7.11. The molecule has 0 bridgehead atoms. The lowest BCUT2D eigenvalue weighted by Gasteiger charge is -2.09. The molecule has 2 N–H and O–H groups in total. The molecule has 0 amide bonds. The maximum atomic E-state index is 4.31. The lowest BCUT2D eigenvalue weighted by Crippen LogP contribution is -2.36. The molecule has 2 rings (SSSR count). The van der Waals surface area contributed by atoms with E-state index < -0.39 is 0 Å². The molecule has 2 aromatic heterocycles. The third-order valence-electron chi connectivity index (χ3n) is 2.65. The maximum absolute atomic E-state index is 4.31. The highest BCUT2D eigenvalue weighted by atomic mass is 32.1. The Morgan fingerprint density at radius 2 is 2.21 bits per heavy atom. The van der Waals surface area contributed by atoms with Gasteiger partial charge < -0.3 is 15.2 Å². The van der Waals surface area contributed by atoms with Gasteiger partial charge in [-0.3, -0.25) is 4.99 Å². The quantitative estimate of drug-likeness (QED) is 0.660. The third kappa shape index (κ3) is 4.10. The summed E-state index contributed by atoms with van der Waals surface area (Å²) >= 11 is 1.70. The van der Waals surface area contributed by atoms with Crippen LogP contribution < -0.4 is 10.6 Å². The average molecular weight is 277 g/mol. The van der Waals surface area contributed by atoms with E-state index in [-0.39, 0.29) is 0 Å². The largest absolute Gasteiger partial charge is 0.357 e. The predicted octanol–water partition coefficient (Wildman–Crippen LogP) is 1.66. The van der Waals surface area contributed by atoms with Crippen molar-refractivity contribution in [3.05, 3.63) is 40.1 Å². The number of guanidine groups is 1. The van der Waals surface area contributed by atoms with Gasteiger partial charge in [-0.25, -0.2) is 4.98 Å². The van der Waals surface area contributed by atoms with Gasteiger partial charge in [0, 0.05) is 44.1 Å². The summed E-state index contributed by atoms with van der Waals surface area (Å²) in [5, 5.41) is 7.60. The van der Waals surface area contributed by atoms with Crippen LogP contribution in [-0.4, -0.2) is 22.6 Å². The lowest BCUT2D eigenvalue weighted by atomic mass is 10.3. The molecule has 0 saturated heterocycles. The minimum absolute atomic E-state index is 0.701. The third-order valence-corrected chi connectivity index (χ3v) is 3.57. The Bertz CT molecular complexity index is 509. The van der Waals surface area contributed by atoms with Crippen molar-refractivity contribution < 1.29 is 0 Å². The first-order valence-corrected chi connectivity index (χ1v) is 6.95. The Morgan fingerprint density at radius 1 is 1.42 bits per heavy atom. The lowest BCUT2D eigenvalue weighted by molar-refractivity contribution is 0.802. The number of aromatic nitrogens is 2. The van der Waals surface area contributed by atoms with Crippen molar-refractivity contribution in [2.24, 2.45) is 12.0 Å². The summed E-state index contributed by atoms with van der Waals surface area (Å²) < 4.78 is 2.03. The number of aliphatic imine (C=N–C) groups is 1. The Labute approximate surface area is 117 Å². The van der Waals surface area contributed by atoms with E-state index in [1.807, 2.05) is 24.0 Å². The minimum atomic E-state index is 0.701. The zero-order valence-electron chi connectivity index (χ0n) is 11.5. The number of rotatable bonds is 4. The molecule has 0 atom stereocenters. The van der Waals surface area contributed by atoms with E-state index in [0.29, 0.717) is 6.54 Å². The SMILES string of the molecule is CN=C(NCc1ccn(C)c1)NCc1ncc(C)s1. The van der Waals surface area contributed by atoms with Crippen LogP contribution in [0.25, 0.3) is 0 Å². The second kappa shape index (κ2) is 6.38. The van der Waals surface area contributed by atoms with Gasteiger partial charge in [-0.05, 0) is 18.6 Å². The number of hydrogen-bond acceptors (Lipinski definition) is 3. The standard InChI is InChI=1S/C13H19N5S/c1-10-6-15-12(19-10)8-17-13(14-2)16-7-11-4-5-18(3)9-11/h4-6,9H,7-8H2,1-3H3,(H2,14,16,17). The molecule has 0 unspecified atom stereocenters. The molecule has 2 aromatic rings. The van der Waals surface area contributed by atoms with Crippen LogP contribution in [0.1, 0.15) is 15.4 Å². The van der Waals surface area contributed by atoms with Crippen LogP contribution >= 0.6 is 11.3 Å².